The first kappa shape index (κ1) is 15.9. The number of rotatable bonds is 6. The largest absolute Gasteiger partial charge is 0.478 e. The molecule has 1 amide bonds. The van der Waals surface area contributed by atoms with Crippen LogP contribution in [0.3, 0.4) is 0 Å². The van der Waals surface area contributed by atoms with E-state index in [2.05, 4.69) is 4.72 Å². The van der Waals surface area contributed by atoms with Crippen molar-refractivity contribution in [3.63, 3.8) is 0 Å². The van der Waals surface area contributed by atoms with Crippen molar-refractivity contribution in [1.29, 1.82) is 0 Å². The van der Waals surface area contributed by atoms with Crippen molar-refractivity contribution >= 4 is 33.2 Å². The zero-order valence-corrected chi connectivity index (χ0v) is 12.9. The summed E-state index contributed by atoms with van der Waals surface area (Å²) in [5.74, 6) is -1.23. The number of carbonyl (C=O) groups excluding carboxylic acids is 1. The minimum atomic E-state index is -3.76. The van der Waals surface area contributed by atoms with E-state index in [9.17, 15) is 18.0 Å². The number of amides is 1. The number of sulfonamides is 1. The summed E-state index contributed by atoms with van der Waals surface area (Å²) in [6.07, 6.45) is 2.09. The molecule has 9 heteroatoms. The molecule has 1 aliphatic rings. The first-order chi connectivity index (χ1) is 9.90. The van der Waals surface area contributed by atoms with Crippen LogP contribution in [-0.2, 0) is 14.8 Å². The van der Waals surface area contributed by atoms with E-state index in [-0.39, 0.29) is 28.6 Å². The molecule has 0 bridgehead atoms. The number of nitrogens with zero attached hydrogens (tertiary/aromatic N) is 1. The third kappa shape index (κ3) is 4.02. The van der Waals surface area contributed by atoms with E-state index in [4.69, 9.17) is 5.11 Å². The topological polar surface area (TPSA) is 104 Å². The monoisotopic (exact) mass is 332 g/mol. The van der Waals surface area contributed by atoms with Gasteiger partial charge in [0.2, 0.25) is 15.9 Å². The van der Waals surface area contributed by atoms with E-state index in [1.807, 2.05) is 0 Å². The second-order valence-corrected chi connectivity index (χ2v) is 7.60. The summed E-state index contributed by atoms with van der Waals surface area (Å²) in [7, 11) is -3.76. The van der Waals surface area contributed by atoms with Crippen LogP contribution in [0, 0.1) is 0 Å². The van der Waals surface area contributed by atoms with Crippen molar-refractivity contribution in [2.45, 2.75) is 23.5 Å². The van der Waals surface area contributed by atoms with E-state index >= 15 is 0 Å². The number of thiophene rings is 1. The number of hydrogen-bond acceptors (Lipinski definition) is 5. The van der Waals surface area contributed by atoms with Crippen LogP contribution in [0.5, 0.6) is 0 Å². The molecule has 0 atom stereocenters. The number of carboxylic acid groups (broad SMARTS) is 1. The van der Waals surface area contributed by atoms with Gasteiger partial charge >= 0.3 is 5.97 Å². The lowest BCUT2D eigenvalue weighted by atomic mass is 10.4. The Morgan fingerprint density at radius 2 is 2.00 bits per heavy atom. The van der Waals surface area contributed by atoms with Crippen molar-refractivity contribution in [2.24, 2.45) is 0 Å². The zero-order chi connectivity index (χ0) is 15.5. The zero-order valence-electron chi connectivity index (χ0n) is 11.2. The average Bonchev–Trinajstić information content (AvgIpc) is 3.10. The smallest absolute Gasteiger partial charge is 0.336 e. The number of carbonyl (C=O) groups is 2. The fourth-order valence-corrected chi connectivity index (χ4v) is 4.29. The van der Waals surface area contributed by atoms with Gasteiger partial charge in [0.05, 0.1) is 5.56 Å². The molecule has 1 saturated heterocycles. The molecule has 21 heavy (non-hydrogen) atoms. The van der Waals surface area contributed by atoms with Crippen LogP contribution >= 0.6 is 11.3 Å². The molecule has 1 aromatic rings. The Morgan fingerprint density at radius 1 is 1.33 bits per heavy atom. The summed E-state index contributed by atoms with van der Waals surface area (Å²) >= 11 is 0.842. The second kappa shape index (κ2) is 6.54. The molecule has 2 N–H and O–H groups in total. The number of aromatic carboxylic acids is 1. The van der Waals surface area contributed by atoms with Crippen LogP contribution in [0.2, 0.25) is 0 Å². The van der Waals surface area contributed by atoms with Gasteiger partial charge < -0.3 is 10.0 Å². The summed E-state index contributed by atoms with van der Waals surface area (Å²) in [5.41, 5.74) is -0.0616. The average molecular weight is 332 g/mol. The number of nitrogens with one attached hydrogen (secondary N) is 1. The van der Waals surface area contributed by atoms with Gasteiger partial charge in [0.25, 0.3) is 0 Å². The standard InChI is InChI=1S/C12H16N2O5S2/c15-10(14-5-1-2-6-14)3-4-13-21(18,19)11-7-9(8-20-11)12(16)17/h7-8,13H,1-6H2,(H,16,17). The van der Waals surface area contributed by atoms with Gasteiger partial charge in [-0.25, -0.2) is 17.9 Å². The lowest BCUT2D eigenvalue weighted by molar-refractivity contribution is -0.129. The van der Waals surface area contributed by atoms with E-state index in [1.54, 1.807) is 4.90 Å². The molecule has 1 fully saturated rings. The Morgan fingerprint density at radius 3 is 2.57 bits per heavy atom. The number of hydrogen-bond donors (Lipinski definition) is 2. The van der Waals surface area contributed by atoms with Crippen LogP contribution < -0.4 is 4.72 Å². The first-order valence-electron chi connectivity index (χ1n) is 6.49. The summed E-state index contributed by atoms with van der Waals surface area (Å²) in [6, 6.07) is 1.11. The number of likely N-dealkylation sites (tertiary alicyclic amines) is 1. The predicted molar refractivity (Wildman–Crippen MR) is 76.9 cm³/mol. The van der Waals surface area contributed by atoms with Gasteiger partial charge in [0.15, 0.2) is 0 Å². The molecule has 2 heterocycles. The Balaban J connectivity index is 1.88. The molecule has 0 aromatic carbocycles. The molecule has 7 nitrogen and oxygen atoms in total. The normalized spacial score (nSPS) is 15.3. The van der Waals surface area contributed by atoms with E-state index in [0.29, 0.717) is 0 Å². The highest BCUT2D eigenvalue weighted by Gasteiger charge is 2.21. The van der Waals surface area contributed by atoms with Gasteiger partial charge in [-0.2, -0.15) is 0 Å². The molecule has 0 spiro atoms. The number of carboxylic acids is 1. The summed E-state index contributed by atoms with van der Waals surface area (Å²) in [6.45, 7) is 1.48. The second-order valence-electron chi connectivity index (χ2n) is 4.70. The third-order valence-electron chi connectivity index (χ3n) is 3.18. The maximum Gasteiger partial charge on any atom is 0.336 e. The molecule has 1 aromatic heterocycles. The first-order valence-corrected chi connectivity index (χ1v) is 8.86. The SMILES string of the molecule is O=C(O)c1csc(S(=O)(=O)NCCC(=O)N2CCCC2)c1. The van der Waals surface area contributed by atoms with E-state index < -0.39 is 16.0 Å². The molecular weight excluding hydrogens is 316 g/mol. The predicted octanol–water partition coefficient (Wildman–Crippen LogP) is 0.737. The van der Waals surface area contributed by atoms with Gasteiger partial charge in [-0.3, -0.25) is 4.79 Å². The van der Waals surface area contributed by atoms with E-state index in [0.717, 1.165) is 43.3 Å². The van der Waals surface area contributed by atoms with Gasteiger partial charge in [-0.05, 0) is 18.9 Å². The maximum atomic E-state index is 12.0. The minimum absolute atomic E-state index is 0.0119. The molecule has 2 rings (SSSR count). The molecule has 1 aliphatic heterocycles. The van der Waals surface area contributed by atoms with Gasteiger partial charge in [0, 0.05) is 31.4 Å². The quantitative estimate of drug-likeness (QED) is 0.799. The van der Waals surface area contributed by atoms with Crippen molar-refractivity contribution in [3.8, 4) is 0 Å². The van der Waals surface area contributed by atoms with Crippen LogP contribution in [0.4, 0.5) is 0 Å². The molecule has 0 radical (unpaired) electrons. The molecule has 0 saturated carbocycles. The Hall–Kier alpha value is -1.45. The molecule has 0 aliphatic carbocycles. The van der Waals surface area contributed by atoms with Crippen LogP contribution in [0.1, 0.15) is 29.6 Å². The molecule has 116 valence electrons. The highest BCUT2D eigenvalue weighted by atomic mass is 32.2. The van der Waals surface area contributed by atoms with Crippen molar-refractivity contribution in [1.82, 2.24) is 9.62 Å². The highest BCUT2D eigenvalue weighted by Crippen LogP contribution is 2.20. The minimum Gasteiger partial charge on any atom is -0.478 e. The maximum absolute atomic E-state index is 12.0. The highest BCUT2D eigenvalue weighted by molar-refractivity contribution is 7.91. The summed E-state index contributed by atoms with van der Waals surface area (Å²) < 4.78 is 26.2. The van der Waals surface area contributed by atoms with E-state index in [1.165, 1.54) is 5.38 Å². The van der Waals surface area contributed by atoms with Crippen molar-refractivity contribution < 1.29 is 23.1 Å². The summed E-state index contributed by atoms with van der Waals surface area (Å²) in [5, 5.41) is 10.0. The van der Waals surface area contributed by atoms with Crippen molar-refractivity contribution in [2.75, 3.05) is 19.6 Å². The van der Waals surface area contributed by atoms with Gasteiger partial charge in [-0.1, -0.05) is 0 Å². The fourth-order valence-electron chi connectivity index (χ4n) is 2.06. The third-order valence-corrected chi connectivity index (χ3v) is 6.08. The van der Waals surface area contributed by atoms with Gasteiger partial charge in [0.1, 0.15) is 4.21 Å². The van der Waals surface area contributed by atoms with Crippen LogP contribution in [0.25, 0.3) is 0 Å². The Kier molecular flexibility index (Phi) is 4.96. The Bertz CT molecular complexity index is 632. The molecule has 0 unspecified atom stereocenters. The fraction of sp³-hybridized carbons (Fsp3) is 0.500. The molecular formula is C12H16N2O5S2. The van der Waals surface area contributed by atoms with Crippen LogP contribution in [-0.4, -0.2) is 49.9 Å². The lowest BCUT2D eigenvalue weighted by Gasteiger charge is -2.14. The Labute approximate surface area is 126 Å². The lowest BCUT2D eigenvalue weighted by Crippen LogP contribution is -2.32. The van der Waals surface area contributed by atoms with Gasteiger partial charge in [-0.15, -0.1) is 11.3 Å². The van der Waals surface area contributed by atoms with Crippen LogP contribution in [0.15, 0.2) is 15.7 Å². The van der Waals surface area contributed by atoms with Crippen molar-refractivity contribution in [3.05, 3.63) is 17.0 Å². The summed E-state index contributed by atoms with van der Waals surface area (Å²) in [4.78, 5) is 24.2.